The van der Waals surface area contributed by atoms with Crippen LogP contribution in [0.4, 0.5) is 0 Å². The lowest BCUT2D eigenvalue weighted by Gasteiger charge is -2.24. The van der Waals surface area contributed by atoms with Crippen LogP contribution in [0.1, 0.15) is 53.4 Å². The molecule has 0 saturated carbocycles. The van der Waals surface area contributed by atoms with E-state index in [1.54, 1.807) is 0 Å². The van der Waals surface area contributed by atoms with E-state index in [0.717, 1.165) is 13.1 Å². The molecule has 0 amide bonds. The van der Waals surface area contributed by atoms with Gasteiger partial charge in [-0.05, 0) is 27.2 Å². The molecule has 1 aliphatic heterocycles. The lowest BCUT2D eigenvalue weighted by molar-refractivity contribution is 0.428. The Bertz CT molecular complexity index is 253. The molecule has 0 N–H and O–H groups in total. The molecule has 0 spiro atoms. The monoisotopic (exact) mass is 239 g/mol. The normalized spacial score (nSPS) is 19.5. The summed E-state index contributed by atoms with van der Waals surface area (Å²) in [5, 5.41) is 0. The molecule has 17 heavy (non-hydrogen) atoms. The van der Waals surface area contributed by atoms with Crippen LogP contribution in [-0.4, -0.2) is 48.0 Å². The summed E-state index contributed by atoms with van der Waals surface area (Å²) in [5.74, 6) is 1.19. The average molecular weight is 239 g/mol. The molecule has 0 aromatic heterocycles. The molecule has 0 unspecified atom stereocenters. The zero-order valence-electron chi connectivity index (χ0n) is 12.3. The van der Waals surface area contributed by atoms with Crippen molar-refractivity contribution >= 4 is 5.96 Å². The van der Waals surface area contributed by atoms with Gasteiger partial charge in [-0.1, -0.05) is 26.2 Å². The van der Waals surface area contributed by atoms with Crippen LogP contribution >= 0.6 is 0 Å². The van der Waals surface area contributed by atoms with Gasteiger partial charge < -0.3 is 9.80 Å². The molecule has 0 radical (unpaired) electrons. The first-order valence-electron chi connectivity index (χ1n) is 7.00. The molecule has 0 aliphatic carbocycles. The molecule has 1 aliphatic rings. The summed E-state index contributed by atoms with van der Waals surface area (Å²) in [4.78, 5) is 9.57. The van der Waals surface area contributed by atoms with Crippen molar-refractivity contribution in [1.82, 2.24) is 9.80 Å². The molecule has 0 bridgehead atoms. The predicted molar refractivity (Wildman–Crippen MR) is 75.5 cm³/mol. The lowest BCUT2D eigenvalue weighted by Crippen LogP contribution is -2.34. The summed E-state index contributed by atoms with van der Waals surface area (Å²) in [6.07, 6.45) is 5.31. The van der Waals surface area contributed by atoms with Crippen LogP contribution in [0.15, 0.2) is 4.99 Å². The Labute approximate surface area is 107 Å². The lowest BCUT2D eigenvalue weighted by atomic mass is 10.1. The summed E-state index contributed by atoms with van der Waals surface area (Å²) in [6, 6.07) is 0. The molecule has 1 saturated heterocycles. The highest BCUT2D eigenvalue weighted by Crippen LogP contribution is 2.15. The highest BCUT2D eigenvalue weighted by Gasteiger charge is 2.24. The fourth-order valence-electron chi connectivity index (χ4n) is 2.11. The zero-order chi connectivity index (χ0) is 12.9. The topological polar surface area (TPSA) is 18.8 Å². The van der Waals surface area contributed by atoms with E-state index in [0.29, 0.717) is 0 Å². The highest BCUT2D eigenvalue weighted by molar-refractivity contribution is 5.82. The first-order chi connectivity index (χ1) is 7.94. The fourth-order valence-corrected chi connectivity index (χ4v) is 2.11. The van der Waals surface area contributed by atoms with E-state index in [1.165, 1.54) is 38.2 Å². The second-order valence-electron chi connectivity index (χ2n) is 6.05. The molecular formula is C14H29N3. The number of guanidine groups is 1. The van der Waals surface area contributed by atoms with E-state index >= 15 is 0 Å². The number of unbranched alkanes of at least 4 members (excludes halogenated alkanes) is 3. The van der Waals surface area contributed by atoms with Crippen molar-refractivity contribution in [1.29, 1.82) is 0 Å². The highest BCUT2D eigenvalue weighted by atomic mass is 15.4. The van der Waals surface area contributed by atoms with Crippen molar-refractivity contribution in [2.75, 3.05) is 26.7 Å². The van der Waals surface area contributed by atoms with E-state index < -0.39 is 0 Å². The largest absolute Gasteiger partial charge is 0.344 e. The van der Waals surface area contributed by atoms with Gasteiger partial charge in [0, 0.05) is 26.7 Å². The van der Waals surface area contributed by atoms with Gasteiger partial charge in [-0.2, -0.15) is 0 Å². The number of rotatable bonds is 5. The number of aliphatic imine (C=N–C) groups is 1. The van der Waals surface area contributed by atoms with Crippen LogP contribution in [-0.2, 0) is 0 Å². The first kappa shape index (κ1) is 14.3. The maximum atomic E-state index is 4.84. The molecule has 1 fully saturated rings. The summed E-state index contributed by atoms with van der Waals surface area (Å²) in [6.45, 7) is 12.2. The number of likely N-dealkylation sites (N-methyl/N-ethyl adjacent to an activating group) is 1. The SMILES string of the molecule is CCCCCCN1CCN(C)C1=NC(C)(C)C. The van der Waals surface area contributed by atoms with Crippen LogP contribution in [0.25, 0.3) is 0 Å². The van der Waals surface area contributed by atoms with Crippen molar-refractivity contribution in [2.45, 2.75) is 58.9 Å². The maximum Gasteiger partial charge on any atom is 0.196 e. The Hall–Kier alpha value is -0.730. The van der Waals surface area contributed by atoms with Gasteiger partial charge in [0.2, 0.25) is 0 Å². The van der Waals surface area contributed by atoms with Crippen LogP contribution in [0, 0.1) is 0 Å². The fraction of sp³-hybridized carbons (Fsp3) is 0.929. The third-order valence-corrected chi connectivity index (χ3v) is 3.05. The molecule has 3 nitrogen and oxygen atoms in total. The van der Waals surface area contributed by atoms with Gasteiger partial charge >= 0.3 is 0 Å². The van der Waals surface area contributed by atoms with E-state index in [1.807, 2.05) is 0 Å². The molecule has 0 aromatic rings. The van der Waals surface area contributed by atoms with Crippen molar-refractivity contribution in [3.63, 3.8) is 0 Å². The maximum absolute atomic E-state index is 4.84. The molecule has 100 valence electrons. The minimum absolute atomic E-state index is 0.0234. The second-order valence-corrected chi connectivity index (χ2v) is 6.05. The van der Waals surface area contributed by atoms with Crippen molar-refractivity contribution in [3.05, 3.63) is 0 Å². The minimum atomic E-state index is 0.0234. The third kappa shape index (κ3) is 4.97. The number of hydrogen-bond acceptors (Lipinski definition) is 1. The molecule has 3 heteroatoms. The average Bonchev–Trinajstić information content (AvgIpc) is 2.54. The van der Waals surface area contributed by atoms with E-state index in [4.69, 9.17) is 4.99 Å². The van der Waals surface area contributed by atoms with Gasteiger partial charge in [-0.15, -0.1) is 0 Å². The summed E-state index contributed by atoms with van der Waals surface area (Å²) < 4.78 is 0. The molecule has 1 heterocycles. The number of nitrogens with zero attached hydrogens (tertiary/aromatic N) is 3. The van der Waals surface area contributed by atoms with Gasteiger partial charge in [0.05, 0.1) is 5.54 Å². The van der Waals surface area contributed by atoms with Crippen molar-refractivity contribution in [3.8, 4) is 0 Å². The van der Waals surface area contributed by atoms with Gasteiger partial charge in [0.15, 0.2) is 5.96 Å². The standard InChI is InChI=1S/C14H29N3/c1-6-7-8-9-10-17-12-11-16(5)13(17)15-14(2,3)4/h6-12H2,1-5H3. The van der Waals surface area contributed by atoms with Gasteiger partial charge in [0.25, 0.3) is 0 Å². The van der Waals surface area contributed by atoms with Gasteiger partial charge in [-0.25, -0.2) is 4.99 Å². The van der Waals surface area contributed by atoms with Crippen LogP contribution in [0.2, 0.25) is 0 Å². The summed E-state index contributed by atoms with van der Waals surface area (Å²) in [5.41, 5.74) is 0.0234. The third-order valence-electron chi connectivity index (χ3n) is 3.05. The van der Waals surface area contributed by atoms with Gasteiger partial charge in [-0.3, -0.25) is 0 Å². The van der Waals surface area contributed by atoms with Crippen LogP contribution < -0.4 is 0 Å². The molecular weight excluding hydrogens is 210 g/mol. The second kappa shape index (κ2) is 6.27. The van der Waals surface area contributed by atoms with Crippen molar-refractivity contribution < 1.29 is 0 Å². The molecule has 0 atom stereocenters. The van der Waals surface area contributed by atoms with Gasteiger partial charge in [0.1, 0.15) is 0 Å². The van der Waals surface area contributed by atoms with E-state index in [2.05, 4.69) is 44.5 Å². The molecule has 0 aromatic carbocycles. The smallest absolute Gasteiger partial charge is 0.196 e. The first-order valence-corrected chi connectivity index (χ1v) is 7.00. The quantitative estimate of drug-likeness (QED) is 0.687. The van der Waals surface area contributed by atoms with Crippen LogP contribution in [0.3, 0.4) is 0 Å². The van der Waals surface area contributed by atoms with E-state index in [9.17, 15) is 0 Å². The Kier molecular flexibility index (Phi) is 5.29. The van der Waals surface area contributed by atoms with Crippen molar-refractivity contribution in [2.24, 2.45) is 4.99 Å². The predicted octanol–water partition coefficient (Wildman–Crippen LogP) is 2.97. The minimum Gasteiger partial charge on any atom is -0.344 e. The summed E-state index contributed by atoms with van der Waals surface area (Å²) >= 11 is 0. The number of hydrogen-bond donors (Lipinski definition) is 0. The summed E-state index contributed by atoms with van der Waals surface area (Å²) in [7, 11) is 2.15. The Balaban J connectivity index is 2.50. The Morgan fingerprint density at radius 1 is 1.12 bits per heavy atom. The molecule has 1 rings (SSSR count). The van der Waals surface area contributed by atoms with Crippen LogP contribution in [0.5, 0.6) is 0 Å². The Morgan fingerprint density at radius 2 is 1.82 bits per heavy atom. The zero-order valence-corrected chi connectivity index (χ0v) is 12.3. The van der Waals surface area contributed by atoms with E-state index in [-0.39, 0.29) is 5.54 Å². The Morgan fingerprint density at radius 3 is 2.41 bits per heavy atom.